The van der Waals surface area contributed by atoms with Crippen molar-refractivity contribution in [3.63, 3.8) is 0 Å². The van der Waals surface area contributed by atoms with Crippen molar-refractivity contribution in [2.75, 3.05) is 26.3 Å². The van der Waals surface area contributed by atoms with E-state index in [1.807, 2.05) is 0 Å². The maximum atomic E-state index is 12.7. The van der Waals surface area contributed by atoms with E-state index < -0.39 is 11.8 Å². The molecule has 1 heterocycles. The van der Waals surface area contributed by atoms with Crippen LogP contribution in [0, 0.1) is 0 Å². The molecule has 0 unspecified atom stereocenters. The molecule has 0 spiro atoms. The molecule has 6 heteroatoms. The fraction of sp³-hybridized carbons (Fsp3) is 1.00. The van der Waals surface area contributed by atoms with Crippen LogP contribution in [-0.4, -0.2) is 43.2 Å². The van der Waals surface area contributed by atoms with Crippen molar-refractivity contribution < 1.29 is 23.0 Å². The van der Waals surface area contributed by atoms with Gasteiger partial charge in [-0.05, 0) is 25.9 Å². The molecular weight excluding hydrogens is 199 g/mol. The standard InChI is InChI=1S/C8H14F3NO2/c9-8(10,11)7(14-6-5-13)1-3-12-4-2-7/h12-13H,1-6H2. The monoisotopic (exact) mass is 213 g/mol. The molecule has 1 aliphatic rings. The molecule has 0 radical (unpaired) electrons. The van der Waals surface area contributed by atoms with Crippen molar-refractivity contribution in [1.82, 2.24) is 5.32 Å². The second-order valence-electron chi connectivity index (χ2n) is 3.31. The first-order valence-corrected chi connectivity index (χ1v) is 4.54. The number of piperidine rings is 1. The summed E-state index contributed by atoms with van der Waals surface area (Å²) in [5.41, 5.74) is -2.05. The number of ether oxygens (including phenoxy) is 1. The average Bonchev–Trinajstić information content (AvgIpc) is 2.14. The van der Waals surface area contributed by atoms with Crippen LogP contribution < -0.4 is 5.32 Å². The fourth-order valence-electron chi connectivity index (χ4n) is 1.58. The Morgan fingerprint density at radius 2 is 1.86 bits per heavy atom. The number of alkyl halides is 3. The summed E-state index contributed by atoms with van der Waals surface area (Å²) in [6, 6.07) is 0. The highest BCUT2D eigenvalue weighted by atomic mass is 19.4. The lowest BCUT2D eigenvalue weighted by atomic mass is 9.91. The van der Waals surface area contributed by atoms with Crippen molar-refractivity contribution >= 4 is 0 Å². The van der Waals surface area contributed by atoms with Crippen molar-refractivity contribution in [3.05, 3.63) is 0 Å². The van der Waals surface area contributed by atoms with E-state index in [9.17, 15) is 13.2 Å². The van der Waals surface area contributed by atoms with Gasteiger partial charge >= 0.3 is 6.18 Å². The summed E-state index contributed by atoms with van der Waals surface area (Å²) in [6.45, 7) is -0.0549. The predicted octanol–water partition coefficient (Wildman–Crippen LogP) is 0.680. The molecule has 0 atom stereocenters. The Balaban J connectivity index is 2.67. The fourth-order valence-corrected chi connectivity index (χ4v) is 1.58. The van der Waals surface area contributed by atoms with E-state index in [-0.39, 0.29) is 26.1 Å². The Hall–Kier alpha value is -0.330. The second-order valence-corrected chi connectivity index (χ2v) is 3.31. The normalized spacial score (nSPS) is 22.3. The maximum absolute atomic E-state index is 12.7. The van der Waals surface area contributed by atoms with Crippen LogP contribution in [0.4, 0.5) is 13.2 Å². The average molecular weight is 213 g/mol. The van der Waals surface area contributed by atoms with Crippen molar-refractivity contribution in [3.8, 4) is 0 Å². The summed E-state index contributed by atoms with van der Waals surface area (Å²) in [6.07, 6.45) is -4.53. The molecule has 84 valence electrons. The number of rotatable bonds is 3. The lowest BCUT2D eigenvalue weighted by Gasteiger charge is -2.38. The molecule has 1 rings (SSSR count). The molecule has 0 aliphatic carbocycles. The smallest absolute Gasteiger partial charge is 0.394 e. The summed E-state index contributed by atoms with van der Waals surface area (Å²) in [5.74, 6) is 0. The first-order valence-electron chi connectivity index (χ1n) is 4.54. The van der Waals surface area contributed by atoms with E-state index in [2.05, 4.69) is 5.32 Å². The van der Waals surface area contributed by atoms with Crippen molar-refractivity contribution in [2.24, 2.45) is 0 Å². The number of hydrogen-bond acceptors (Lipinski definition) is 3. The minimum Gasteiger partial charge on any atom is -0.394 e. The van der Waals surface area contributed by atoms with Crippen LogP contribution in [0.5, 0.6) is 0 Å². The van der Waals surface area contributed by atoms with Gasteiger partial charge in [-0.3, -0.25) is 0 Å². The summed E-state index contributed by atoms with van der Waals surface area (Å²) in [5, 5.41) is 11.3. The van der Waals surface area contributed by atoms with E-state index in [1.54, 1.807) is 0 Å². The SMILES string of the molecule is OCCOC1(C(F)(F)F)CCNCC1. The molecule has 0 amide bonds. The van der Waals surface area contributed by atoms with Gasteiger partial charge in [-0.2, -0.15) is 13.2 Å². The molecule has 1 saturated heterocycles. The maximum Gasteiger partial charge on any atom is 0.417 e. The molecule has 0 aromatic rings. The molecule has 14 heavy (non-hydrogen) atoms. The third kappa shape index (κ3) is 2.37. The van der Waals surface area contributed by atoms with E-state index in [1.165, 1.54) is 0 Å². The first kappa shape index (κ1) is 11.7. The highest BCUT2D eigenvalue weighted by Gasteiger charge is 2.55. The number of aliphatic hydroxyl groups is 1. The van der Waals surface area contributed by atoms with Crippen LogP contribution in [-0.2, 0) is 4.74 Å². The molecular formula is C8H14F3NO2. The van der Waals surface area contributed by atoms with Crippen molar-refractivity contribution in [2.45, 2.75) is 24.6 Å². The minimum absolute atomic E-state index is 0.0868. The zero-order valence-corrected chi connectivity index (χ0v) is 7.73. The highest BCUT2D eigenvalue weighted by Crippen LogP contribution is 2.40. The quantitative estimate of drug-likeness (QED) is 0.724. The van der Waals surface area contributed by atoms with Gasteiger partial charge in [0.05, 0.1) is 13.2 Å². The van der Waals surface area contributed by atoms with Crippen LogP contribution in [0.15, 0.2) is 0 Å². The Morgan fingerprint density at radius 1 is 1.29 bits per heavy atom. The Kier molecular flexibility index (Phi) is 3.74. The zero-order valence-electron chi connectivity index (χ0n) is 7.73. The highest BCUT2D eigenvalue weighted by molar-refractivity contribution is 4.92. The van der Waals surface area contributed by atoms with Gasteiger partial charge in [-0.15, -0.1) is 0 Å². The third-order valence-electron chi connectivity index (χ3n) is 2.40. The molecule has 0 saturated carbocycles. The topological polar surface area (TPSA) is 41.5 Å². The van der Waals surface area contributed by atoms with Gasteiger partial charge in [0.2, 0.25) is 0 Å². The first-order chi connectivity index (χ1) is 6.52. The molecule has 3 nitrogen and oxygen atoms in total. The summed E-state index contributed by atoms with van der Waals surface area (Å²) >= 11 is 0. The van der Waals surface area contributed by atoms with Crippen LogP contribution in [0.2, 0.25) is 0 Å². The van der Waals surface area contributed by atoms with Crippen LogP contribution in [0.1, 0.15) is 12.8 Å². The third-order valence-corrected chi connectivity index (χ3v) is 2.40. The number of halogens is 3. The number of nitrogens with one attached hydrogen (secondary N) is 1. The summed E-state index contributed by atoms with van der Waals surface area (Å²) in [4.78, 5) is 0. The van der Waals surface area contributed by atoms with Gasteiger partial charge < -0.3 is 15.2 Å². The van der Waals surface area contributed by atoms with Crippen LogP contribution >= 0.6 is 0 Å². The van der Waals surface area contributed by atoms with Crippen LogP contribution in [0.25, 0.3) is 0 Å². The van der Waals surface area contributed by atoms with Crippen molar-refractivity contribution in [1.29, 1.82) is 0 Å². The zero-order chi connectivity index (χ0) is 10.7. The summed E-state index contributed by atoms with van der Waals surface area (Å²) in [7, 11) is 0. The van der Waals surface area contributed by atoms with E-state index in [0.717, 1.165) is 0 Å². The van der Waals surface area contributed by atoms with E-state index in [4.69, 9.17) is 9.84 Å². The largest absolute Gasteiger partial charge is 0.417 e. The Labute approximate surface area is 80.2 Å². The lowest BCUT2D eigenvalue weighted by molar-refractivity contribution is -0.287. The van der Waals surface area contributed by atoms with Gasteiger partial charge in [0.15, 0.2) is 5.60 Å². The predicted molar refractivity (Wildman–Crippen MR) is 43.9 cm³/mol. The minimum atomic E-state index is -4.36. The molecule has 1 aliphatic heterocycles. The van der Waals surface area contributed by atoms with E-state index >= 15 is 0 Å². The second kappa shape index (κ2) is 4.46. The Bertz CT molecular complexity index is 178. The molecule has 1 fully saturated rings. The Morgan fingerprint density at radius 3 is 2.29 bits per heavy atom. The molecule has 0 aromatic carbocycles. The molecule has 0 bridgehead atoms. The van der Waals surface area contributed by atoms with Gasteiger partial charge in [-0.1, -0.05) is 0 Å². The lowest BCUT2D eigenvalue weighted by Crippen LogP contribution is -2.54. The van der Waals surface area contributed by atoms with Crippen LogP contribution in [0.3, 0.4) is 0 Å². The molecule has 2 N–H and O–H groups in total. The number of hydrogen-bond donors (Lipinski definition) is 2. The molecule has 0 aromatic heterocycles. The van der Waals surface area contributed by atoms with Gasteiger partial charge in [0, 0.05) is 0 Å². The summed E-state index contributed by atoms with van der Waals surface area (Å²) < 4.78 is 42.8. The van der Waals surface area contributed by atoms with Gasteiger partial charge in [0.25, 0.3) is 0 Å². The van der Waals surface area contributed by atoms with E-state index in [0.29, 0.717) is 13.1 Å². The number of aliphatic hydroxyl groups excluding tert-OH is 1. The van der Waals surface area contributed by atoms with Gasteiger partial charge in [0.1, 0.15) is 0 Å². The van der Waals surface area contributed by atoms with Gasteiger partial charge in [-0.25, -0.2) is 0 Å².